The molecule has 0 atom stereocenters. The van der Waals surface area contributed by atoms with Gasteiger partial charge in [0, 0.05) is 12.1 Å². The molecule has 0 aliphatic heterocycles. The molecule has 0 aliphatic rings. The minimum absolute atomic E-state index is 0.0324. The SMILES string of the molecule is O=C(NCc1cccc(CO)c1)c1ccc(O)c(Cl)c1. The molecule has 0 radical (unpaired) electrons. The maximum absolute atomic E-state index is 11.9. The summed E-state index contributed by atoms with van der Waals surface area (Å²) in [4.78, 5) is 11.9. The summed E-state index contributed by atoms with van der Waals surface area (Å²) >= 11 is 5.76. The van der Waals surface area contributed by atoms with E-state index in [2.05, 4.69) is 5.32 Å². The summed E-state index contributed by atoms with van der Waals surface area (Å²) in [6.07, 6.45) is 0. The Morgan fingerprint density at radius 1 is 1.15 bits per heavy atom. The van der Waals surface area contributed by atoms with Gasteiger partial charge in [-0.25, -0.2) is 0 Å². The normalized spacial score (nSPS) is 10.3. The molecular weight excluding hydrogens is 278 g/mol. The number of aliphatic hydroxyl groups excluding tert-OH is 1. The van der Waals surface area contributed by atoms with Crippen molar-refractivity contribution in [1.82, 2.24) is 5.32 Å². The Hall–Kier alpha value is -2.04. The number of hydrogen-bond donors (Lipinski definition) is 3. The summed E-state index contributed by atoms with van der Waals surface area (Å²) in [5.41, 5.74) is 2.07. The number of amides is 1. The summed E-state index contributed by atoms with van der Waals surface area (Å²) in [6, 6.07) is 11.6. The second kappa shape index (κ2) is 6.41. The lowest BCUT2D eigenvalue weighted by atomic mass is 10.1. The predicted octanol–water partition coefficient (Wildman–Crippen LogP) is 2.47. The van der Waals surface area contributed by atoms with Gasteiger partial charge in [0.1, 0.15) is 5.75 Å². The van der Waals surface area contributed by atoms with Gasteiger partial charge in [-0.3, -0.25) is 4.79 Å². The van der Waals surface area contributed by atoms with Gasteiger partial charge in [-0.05, 0) is 29.3 Å². The lowest BCUT2D eigenvalue weighted by molar-refractivity contribution is 0.0951. The molecule has 4 nitrogen and oxygen atoms in total. The van der Waals surface area contributed by atoms with Crippen LogP contribution in [0.2, 0.25) is 5.02 Å². The van der Waals surface area contributed by atoms with Crippen LogP contribution in [0.1, 0.15) is 21.5 Å². The van der Waals surface area contributed by atoms with Crippen LogP contribution < -0.4 is 5.32 Å². The first kappa shape index (κ1) is 14.4. The Morgan fingerprint density at radius 2 is 1.90 bits per heavy atom. The summed E-state index contributed by atoms with van der Waals surface area (Å²) in [5.74, 6) is -0.333. The van der Waals surface area contributed by atoms with E-state index in [1.807, 2.05) is 24.3 Å². The molecule has 5 heteroatoms. The number of aliphatic hydroxyl groups is 1. The molecule has 2 aromatic carbocycles. The summed E-state index contributed by atoms with van der Waals surface area (Å²) in [5, 5.41) is 21.2. The second-order valence-electron chi connectivity index (χ2n) is 4.33. The van der Waals surface area contributed by atoms with E-state index in [4.69, 9.17) is 16.7 Å². The van der Waals surface area contributed by atoms with E-state index >= 15 is 0 Å². The Balaban J connectivity index is 2.02. The van der Waals surface area contributed by atoms with Crippen molar-refractivity contribution < 1.29 is 15.0 Å². The zero-order chi connectivity index (χ0) is 14.5. The van der Waals surface area contributed by atoms with Crippen molar-refractivity contribution in [3.63, 3.8) is 0 Å². The molecule has 104 valence electrons. The number of carbonyl (C=O) groups excluding carboxylic acids is 1. The van der Waals surface area contributed by atoms with Crippen molar-refractivity contribution in [2.75, 3.05) is 0 Å². The van der Waals surface area contributed by atoms with Crippen LogP contribution in [0, 0.1) is 0 Å². The Labute approximate surface area is 121 Å². The van der Waals surface area contributed by atoms with Crippen LogP contribution in [-0.4, -0.2) is 16.1 Å². The molecule has 3 N–H and O–H groups in total. The molecule has 0 saturated heterocycles. The smallest absolute Gasteiger partial charge is 0.251 e. The van der Waals surface area contributed by atoms with Gasteiger partial charge in [0.2, 0.25) is 0 Å². The van der Waals surface area contributed by atoms with Gasteiger partial charge in [-0.15, -0.1) is 0 Å². The highest BCUT2D eigenvalue weighted by Gasteiger charge is 2.08. The lowest BCUT2D eigenvalue weighted by Gasteiger charge is -2.07. The Bertz CT molecular complexity index is 628. The maximum Gasteiger partial charge on any atom is 0.251 e. The zero-order valence-corrected chi connectivity index (χ0v) is 11.4. The fourth-order valence-corrected chi connectivity index (χ4v) is 1.95. The highest BCUT2D eigenvalue weighted by Crippen LogP contribution is 2.23. The first-order valence-corrected chi connectivity index (χ1v) is 6.43. The number of nitrogens with one attached hydrogen (secondary N) is 1. The van der Waals surface area contributed by atoms with Crippen LogP contribution in [-0.2, 0) is 13.2 Å². The second-order valence-corrected chi connectivity index (χ2v) is 4.73. The number of benzene rings is 2. The first-order valence-electron chi connectivity index (χ1n) is 6.05. The van der Waals surface area contributed by atoms with E-state index in [-0.39, 0.29) is 23.3 Å². The first-order chi connectivity index (χ1) is 9.60. The van der Waals surface area contributed by atoms with Gasteiger partial charge >= 0.3 is 0 Å². The topological polar surface area (TPSA) is 69.6 Å². The molecule has 0 spiro atoms. The Morgan fingerprint density at radius 3 is 2.60 bits per heavy atom. The number of aromatic hydroxyl groups is 1. The largest absolute Gasteiger partial charge is 0.506 e. The molecular formula is C15H14ClNO3. The van der Waals surface area contributed by atoms with Gasteiger partial charge in [-0.1, -0.05) is 35.9 Å². The monoisotopic (exact) mass is 291 g/mol. The van der Waals surface area contributed by atoms with E-state index in [1.54, 1.807) is 0 Å². The predicted molar refractivity (Wildman–Crippen MR) is 76.7 cm³/mol. The highest BCUT2D eigenvalue weighted by molar-refractivity contribution is 6.32. The molecule has 0 bridgehead atoms. The van der Waals surface area contributed by atoms with Crippen LogP contribution in [0.5, 0.6) is 5.75 Å². The average Bonchev–Trinajstić information content (AvgIpc) is 2.47. The van der Waals surface area contributed by atoms with Gasteiger partial charge in [0.25, 0.3) is 5.91 Å². The van der Waals surface area contributed by atoms with Crippen LogP contribution in [0.3, 0.4) is 0 Å². The lowest BCUT2D eigenvalue weighted by Crippen LogP contribution is -2.22. The Kier molecular flexibility index (Phi) is 4.61. The van der Waals surface area contributed by atoms with Crippen molar-refractivity contribution >= 4 is 17.5 Å². The number of phenols is 1. The van der Waals surface area contributed by atoms with Crippen molar-refractivity contribution in [3.05, 3.63) is 64.2 Å². The molecule has 2 aromatic rings. The van der Waals surface area contributed by atoms with Crippen molar-refractivity contribution in [1.29, 1.82) is 0 Å². The molecule has 0 saturated carbocycles. The van der Waals surface area contributed by atoms with Crippen molar-refractivity contribution in [3.8, 4) is 5.75 Å². The van der Waals surface area contributed by atoms with Gasteiger partial charge in [0.05, 0.1) is 11.6 Å². The zero-order valence-electron chi connectivity index (χ0n) is 10.6. The maximum atomic E-state index is 11.9. The highest BCUT2D eigenvalue weighted by atomic mass is 35.5. The van der Waals surface area contributed by atoms with E-state index in [0.717, 1.165) is 11.1 Å². The molecule has 0 aromatic heterocycles. The van der Waals surface area contributed by atoms with Gasteiger partial charge < -0.3 is 15.5 Å². The van der Waals surface area contributed by atoms with Crippen LogP contribution in [0.25, 0.3) is 0 Å². The van der Waals surface area contributed by atoms with Crippen LogP contribution in [0.15, 0.2) is 42.5 Å². The van der Waals surface area contributed by atoms with Crippen LogP contribution in [0.4, 0.5) is 0 Å². The van der Waals surface area contributed by atoms with E-state index in [0.29, 0.717) is 12.1 Å². The molecule has 1 amide bonds. The van der Waals surface area contributed by atoms with Crippen molar-refractivity contribution in [2.24, 2.45) is 0 Å². The summed E-state index contributed by atoms with van der Waals surface area (Å²) in [6.45, 7) is 0.320. The molecule has 0 unspecified atom stereocenters. The quantitative estimate of drug-likeness (QED) is 0.810. The van der Waals surface area contributed by atoms with Gasteiger partial charge in [-0.2, -0.15) is 0 Å². The summed E-state index contributed by atoms with van der Waals surface area (Å²) in [7, 11) is 0. The molecule has 0 fully saturated rings. The van der Waals surface area contributed by atoms with E-state index in [9.17, 15) is 9.90 Å². The molecule has 2 rings (SSSR count). The number of phenolic OH excluding ortho intramolecular Hbond substituents is 1. The van der Waals surface area contributed by atoms with E-state index in [1.165, 1.54) is 18.2 Å². The molecule has 20 heavy (non-hydrogen) atoms. The van der Waals surface area contributed by atoms with E-state index < -0.39 is 0 Å². The molecule has 0 heterocycles. The third kappa shape index (κ3) is 3.50. The number of carbonyl (C=O) groups is 1. The number of rotatable bonds is 4. The fraction of sp³-hybridized carbons (Fsp3) is 0.133. The standard InChI is InChI=1S/C15H14ClNO3/c16-13-7-12(4-5-14(13)19)15(20)17-8-10-2-1-3-11(6-10)9-18/h1-7,18-19H,8-9H2,(H,17,20). The third-order valence-corrected chi connectivity index (χ3v) is 3.14. The minimum atomic E-state index is -0.277. The number of halogens is 1. The van der Waals surface area contributed by atoms with Crippen molar-refractivity contribution in [2.45, 2.75) is 13.2 Å². The third-order valence-electron chi connectivity index (χ3n) is 2.84. The summed E-state index contributed by atoms with van der Waals surface area (Å²) < 4.78 is 0. The number of hydrogen-bond acceptors (Lipinski definition) is 3. The molecule has 0 aliphatic carbocycles. The van der Waals surface area contributed by atoms with Gasteiger partial charge in [0.15, 0.2) is 0 Å². The van der Waals surface area contributed by atoms with Crippen LogP contribution >= 0.6 is 11.6 Å². The minimum Gasteiger partial charge on any atom is -0.506 e. The fourth-order valence-electron chi connectivity index (χ4n) is 1.77. The average molecular weight is 292 g/mol.